The molecule has 8 rings (SSSR count). The fourth-order valence-corrected chi connectivity index (χ4v) is 9.59. The van der Waals surface area contributed by atoms with Gasteiger partial charge in [-0.25, -0.2) is 0 Å². The van der Waals surface area contributed by atoms with E-state index in [9.17, 15) is 0 Å². The molecular formula is C57H66N2O4. The number of hydrogen-bond acceptors (Lipinski definition) is 4. The van der Waals surface area contributed by atoms with Crippen molar-refractivity contribution in [2.45, 2.75) is 119 Å². The quantitative estimate of drug-likeness (QED) is 0.118. The number of ether oxygens (including phenoxy) is 4. The van der Waals surface area contributed by atoms with Gasteiger partial charge in [-0.3, -0.25) is 0 Å². The SMILES string of the molecule is COc1cc2c(cc1-c1c(OC)ccc3c1[nH]c1c4c(c(C)cc13)O[C@](C)(CC=C(C)CCC=C(C)C)C=C4)c1cc(C)c3c(c1n2C)C=C[C@@](C)(CC=C(C)CCC=C(C)C)O3. The van der Waals surface area contributed by atoms with Gasteiger partial charge in [-0.1, -0.05) is 46.6 Å². The van der Waals surface area contributed by atoms with Gasteiger partial charge in [0.05, 0.1) is 41.8 Å². The Kier molecular flexibility index (Phi) is 11.8. The van der Waals surface area contributed by atoms with Crippen LogP contribution in [0, 0.1) is 13.8 Å². The van der Waals surface area contributed by atoms with Crippen LogP contribution >= 0.6 is 0 Å². The maximum absolute atomic E-state index is 6.93. The maximum Gasteiger partial charge on any atom is 0.132 e. The minimum Gasteiger partial charge on any atom is -0.496 e. The summed E-state index contributed by atoms with van der Waals surface area (Å²) in [6, 6.07) is 13.3. The van der Waals surface area contributed by atoms with Crippen molar-refractivity contribution in [3.63, 3.8) is 0 Å². The van der Waals surface area contributed by atoms with Crippen molar-refractivity contribution >= 4 is 55.8 Å². The van der Waals surface area contributed by atoms with Gasteiger partial charge in [-0.15, -0.1) is 0 Å². The average Bonchev–Trinajstić information content (AvgIpc) is 3.75. The van der Waals surface area contributed by atoms with Crippen molar-refractivity contribution in [1.29, 1.82) is 0 Å². The Morgan fingerprint density at radius 3 is 1.78 bits per heavy atom. The molecule has 2 aliphatic heterocycles. The fraction of sp³-hybridized carbons (Fsp3) is 0.368. The number of allylic oxidation sites excluding steroid dienone is 6. The Morgan fingerprint density at radius 2 is 1.21 bits per heavy atom. The van der Waals surface area contributed by atoms with Crippen molar-refractivity contribution in [2.75, 3.05) is 14.2 Å². The van der Waals surface area contributed by atoms with E-state index in [-0.39, 0.29) is 0 Å². The van der Waals surface area contributed by atoms with E-state index in [0.717, 1.165) is 133 Å². The number of aryl methyl sites for hydroxylation is 3. The van der Waals surface area contributed by atoms with Gasteiger partial charge in [-0.2, -0.15) is 0 Å². The lowest BCUT2D eigenvalue weighted by Crippen LogP contribution is -2.31. The normalized spacial score (nSPS) is 18.4. The summed E-state index contributed by atoms with van der Waals surface area (Å²) in [5.41, 5.74) is 15.3. The van der Waals surface area contributed by atoms with Crippen LogP contribution in [0.1, 0.15) is 116 Å². The van der Waals surface area contributed by atoms with Crippen LogP contribution in [0.4, 0.5) is 0 Å². The molecule has 0 bridgehead atoms. The van der Waals surface area contributed by atoms with Crippen molar-refractivity contribution in [1.82, 2.24) is 9.55 Å². The molecule has 0 unspecified atom stereocenters. The highest BCUT2D eigenvalue weighted by molar-refractivity contribution is 6.18. The zero-order valence-corrected chi connectivity index (χ0v) is 39.9. The second-order valence-corrected chi connectivity index (χ2v) is 19.2. The molecule has 0 saturated carbocycles. The van der Waals surface area contributed by atoms with Gasteiger partial charge in [0.2, 0.25) is 0 Å². The van der Waals surface area contributed by atoms with Gasteiger partial charge in [0, 0.05) is 64.2 Å². The lowest BCUT2D eigenvalue weighted by molar-refractivity contribution is 0.139. The first-order valence-corrected chi connectivity index (χ1v) is 22.7. The summed E-state index contributed by atoms with van der Waals surface area (Å²) in [5, 5.41) is 4.59. The number of aromatic amines is 1. The molecule has 0 aliphatic carbocycles. The first kappa shape index (κ1) is 43.8. The van der Waals surface area contributed by atoms with E-state index in [0.29, 0.717) is 0 Å². The summed E-state index contributed by atoms with van der Waals surface area (Å²) in [4.78, 5) is 3.89. The van der Waals surface area contributed by atoms with Gasteiger partial charge in [0.15, 0.2) is 0 Å². The van der Waals surface area contributed by atoms with Crippen LogP contribution in [-0.2, 0) is 7.05 Å². The molecule has 0 spiro atoms. The predicted molar refractivity (Wildman–Crippen MR) is 268 cm³/mol. The molecule has 2 aliphatic rings. The molecule has 328 valence electrons. The Bertz CT molecular complexity index is 2990. The third kappa shape index (κ3) is 8.25. The number of hydrogen-bond donors (Lipinski definition) is 1. The molecule has 0 fully saturated rings. The Morgan fingerprint density at radius 1 is 0.651 bits per heavy atom. The number of methoxy groups -OCH3 is 2. The number of fused-ring (bicyclic) bond motifs is 10. The summed E-state index contributed by atoms with van der Waals surface area (Å²) in [6.07, 6.45) is 24.2. The molecule has 6 aromatic rings. The van der Waals surface area contributed by atoms with Gasteiger partial charge < -0.3 is 28.5 Å². The second kappa shape index (κ2) is 17.0. The van der Waals surface area contributed by atoms with E-state index >= 15 is 0 Å². The topological polar surface area (TPSA) is 57.6 Å². The molecule has 2 atom stereocenters. The minimum atomic E-state index is -0.439. The first-order chi connectivity index (χ1) is 30.0. The van der Waals surface area contributed by atoms with Gasteiger partial charge in [-0.05, 0) is 161 Å². The molecule has 0 saturated heterocycles. The van der Waals surface area contributed by atoms with E-state index in [1.54, 1.807) is 14.2 Å². The van der Waals surface area contributed by atoms with Crippen molar-refractivity contribution < 1.29 is 18.9 Å². The minimum absolute atomic E-state index is 0.431. The number of nitrogens with one attached hydrogen (secondary N) is 1. The van der Waals surface area contributed by atoms with Gasteiger partial charge in [0.1, 0.15) is 34.2 Å². The van der Waals surface area contributed by atoms with Crippen molar-refractivity contribution in [3.05, 3.63) is 117 Å². The lowest BCUT2D eigenvalue weighted by Gasteiger charge is -2.32. The van der Waals surface area contributed by atoms with Crippen molar-refractivity contribution in [2.24, 2.45) is 7.05 Å². The molecule has 2 aromatic heterocycles. The molecule has 0 amide bonds. The largest absolute Gasteiger partial charge is 0.496 e. The van der Waals surface area contributed by atoms with Crippen LogP contribution in [0.3, 0.4) is 0 Å². The molecule has 0 radical (unpaired) electrons. The van der Waals surface area contributed by atoms with E-state index in [2.05, 4.69) is 171 Å². The first-order valence-electron chi connectivity index (χ1n) is 22.7. The van der Waals surface area contributed by atoms with E-state index in [1.807, 2.05) is 0 Å². The summed E-state index contributed by atoms with van der Waals surface area (Å²) >= 11 is 0. The Hall–Kier alpha value is -5.88. The molecule has 1 N–H and O–H groups in total. The highest BCUT2D eigenvalue weighted by atomic mass is 16.5. The van der Waals surface area contributed by atoms with Crippen LogP contribution in [0.15, 0.2) is 95.1 Å². The predicted octanol–water partition coefficient (Wildman–Crippen LogP) is 15.8. The van der Waals surface area contributed by atoms with E-state index in [4.69, 9.17) is 18.9 Å². The zero-order valence-electron chi connectivity index (χ0n) is 39.9. The fourth-order valence-electron chi connectivity index (χ4n) is 9.59. The van der Waals surface area contributed by atoms with Crippen LogP contribution in [-0.4, -0.2) is 35.0 Å². The molecule has 4 aromatic carbocycles. The molecular weight excluding hydrogens is 777 g/mol. The van der Waals surface area contributed by atoms with Crippen LogP contribution in [0.25, 0.3) is 66.9 Å². The summed E-state index contributed by atoms with van der Waals surface area (Å²) < 4.78 is 28.6. The zero-order chi connectivity index (χ0) is 45.0. The van der Waals surface area contributed by atoms with Crippen molar-refractivity contribution in [3.8, 4) is 34.1 Å². The number of nitrogens with zero attached hydrogens (tertiary/aromatic N) is 1. The third-order valence-electron chi connectivity index (χ3n) is 13.2. The molecule has 63 heavy (non-hydrogen) atoms. The molecule has 4 heterocycles. The highest BCUT2D eigenvalue weighted by Gasteiger charge is 2.32. The summed E-state index contributed by atoms with van der Waals surface area (Å²) in [6.45, 7) is 21.8. The monoisotopic (exact) mass is 843 g/mol. The highest BCUT2D eigenvalue weighted by Crippen LogP contribution is 2.50. The lowest BCUT2D eigenvalue weighted by atomic mass is 9.92. The van der Waals surface area contributed by atoms with Crippen LogP contribution in [0.2, 0.25) is 0 Å². The standard InChI is InChI=1S/C57H66N2O4/c1-34(2)16-14-18-36(5)22-26-56(9)28-24-41-51-44(30-38(7)54(41)62-56)40-20-21-48(60-12)50(52(40)58-51)46-32-43-45-31-39(8)55-42(53(45)59(11)47(43)33-49(46)61-13)25-29-57(10,63-55)27-23-37(6)19-15-17-35(3)4/h16-17,20-25,28-33,58H,14-15,18-19,26-27H2,1-13H3/t56-,57-/m1/s1. The Labute approximate surface area is 374 Å². The second-order valence-electron chi connectivity index (χ2n) is 19.2. The van der Waals surface area contributed by atoms with Gasteiger partial charge in [0.25, 0.3) is 0 Å². The number of benzene rings is 4. The van der Waals surface area contributed by atoms with Gasteiger partial charge >= 0.3 is 0 Å². The number of rotatable bonds is 13. The van der Waals surface area contributed by atoms with Crippen LogP contribution in [0.5, 0.6) is 23.0 Å². The number of H-pyrrole nitrogens is 1. The third-order valence-corrected chi connectivity index (χ3v) is 13.2. The molecule has 6 heteroatoms. The Balaban J connectivity index is 1.20. The molecule has 6 nitrogen and oxygen atoms in total. The summed E-state index contributed by atoms with van der Waals surface area (Å²) in [5.74, 6) is 3.42. The van der Waals surface area contributed by atoms with E-state index < -0.39 is 11.2 Å². The average molecular weight is 843 g/mol. The number of aromatic nitrogens is 2. The smallest absolute Gasteiger partial charge is 0.132 e. The maximum atomic E-state index is 6.93. The van der Waals surface area contributed by atoms with E-state index in [1.165, 1.54) is 27.7 Å². The van der Waals surface area contributed by atoms with Crippen LogP contribution < -0.4 is 18.9 Å². The summed E-state index contributed by atoms with van der Waals surface area (Å²) in [7, 11) is 5.65.